The summed E-state index contributed by atoms with van der Waals surface area (Å²) in [6.45, 7) is 1.65. The zero-order chi connectivity index (χ0) is 21.9. The van der Waals surface area contributed by atoms with Crippen LogP contribution in [0.5, 0.6) is 0 Å². The number of carbonyl (C=O) groups excluding carboxylic acids is 3. The van der Waals surface area contributed by atoms with Crippen molar-refractivity contribution in [2.45, 2.75) is 13.3 Å². The second-order valence-electron chi connectivity index (χ2n) is 6.18. The quantitative estimate of drug-likeness (QED) is 0.214. The lowest BCUT2D eigenvalue weighted by molar-refractivity contribution is -0.384. The fourth-order valence-electron chi connectivity index (χ4n) is 2.42. The van der Waals surface area contributed by atoms with Crippen LogP contribution in [0.2, 0.25) is 0 Å². The molecule has 0 saturated carbocycles. The molecule has 0 unspecified atom stereocenters. The fourth-order valence-corrected chi connectivity index (χ4v) is 2.42. The van der Waals surface area contributed by atoms with Crippen LogP contribution in [-0.4, -0.2) is 35.9 Å². The second-order valence-corrected chi connectivity index (χ2v) is 6.18. The van der Waals surface area contributed by atoms with Crippen molar-refractivity contribution in [2.75, 3.05) is 13.2 Å². The lowest BCUT2D eigenvalue weighted by Gasteiger charge is -2.11. The highest BCUT2D eigenvalue weighted by Gasteiger charge is 2.15. The van der Waals surface area contributed by atoms with Crippen molar-refractivity contribution >= 4 is 29.5 Å². The summed E-state index contributed by atoms with van der Waals surface area (Å²) in [5, 5.41) is 16.2. The Balaban J connectivity index is 2.18. The summed E-state index contributed by atoms with van der Waals surface area (Å²) in [6, 6.07) is 14.0. The van der Waals surface area contributed by atoms with E-state index in [1.807, 2.05) is 0 Å². The smallest absolute Gasteiger partial charge is 0.302 e. The maximum absolute atomic E-state index is 12.6. The van der Waals surface area contributed by atoms with Crippen LogP contribution >= 0.6 is 0 Å². The summed E-state index contributed by atoms with van der Waals surface area (Å²) in [5.74, 6) is -1.49. The average Bonchev–Trinajstić information content (AvgIpc) is 2.73. The van der Waals surface area contributed by atoms with Crippen molar-refractivity contribution in [3.63, 3.8) is 0 Å². The van der Waals surface area contributed by atoms with E-state index in [-0.39, 0.29) is 24.5 Å². The van der Waals surface area contributed by atoms with Gasteiger partial charge < -0.3 is 15.4 Å². The molecule has 0 aromatic heterocycles. The molecule has 2 N–H and O–H groups in total. The molecule has 9 heteroatoms. The number of hydrogen-bond donors (Lipinski definition) is 2. The number of ether oxygens (including phenoxy) is 1. The molecule has 0 bridgehead atoms. The highest BCUT2D eigenvalue weighted by atomic mass is 16.6. The monoisotopic (exact) mass is 411 g/mol. The van der Waals surface area contributed by atoms with Gasteiger partial charge in [0.05, 0.1) is 11.5 Å². The van der Waals surface area contributed by atoms with Crippen LogP contribution in [0.1, 0.15) is 29.3 Å². The van der Waals surface area contributed by atoms with Crippen molar-refractivity contribution in [3.05, 3.63) is 81.5 Å². The average molecular weight is 411 g/mol. The molecule has 0 aliphatic carbocycles. The molecule has 30 heavy (non-hydrogen) atoms. The zero-order valence-corrected chi connectivity index (χ0v) is 16.3. The first-order valence-electron chi connectivity index (χ1n) is 9.11. The van der Waals surface area contributed by atoms with Crippen LogP contribution in [0, 0.1) is 10.1 Å². The number of esters is 1. The van der Waals surface area contributed by atoms with Gasteiger partial charge in [-0.1, -0.05) is 30.3 Å². The van der Waals surface area contributed by atoms with E-state index in [4.69, 9.17) is 4.74 Å². The fraction of sp³-hybridized carbons (Fsp3) is 0.190. The van der Waals surface area contributed by atoms with Crippen molar-refractivity contribution in [1.29, 1.82) is 0 Å². The van der Waals surface area contributed by atoms with E-state index in [0.29, 0.717) is 17.5 Å². The highest BCUT2D eigenvalue weighted by molar-refractivity contribution is 6.05. The van der Waals surface area contributed by atoms with Crippen LogP contribution in [0.15, 0.2) is 60.3 Å². The Morgan fingerprint density at radius 2 is 1.83 bits per heavy atom. The Labute approximate surface area is 172 Å². The van der Waals surface area contributed by atoms with E-state index >= 15 is 0 Å². The molecule has 0 saturated heterocycles. The minimum Gasteiger partial charge on any atom is -0.466 e. The normalized spacial score (nSPS) is 10.8. The topological polar surface area (TPSA) is 128 Å². The number of nitro groups is 1. The zero-order valence-electron chi connectivity index (χ0n) is 16.3. The van der Waals surface area contributed by atoms with Gasteiger partial charge in [0.25, 0.3) is 17.5 Å². The third-order valence-corrected chi connectivity index (χ3v) is 3.83. The van der Waals surface area contributed by atoms with Gasteiger partial charge in [-0.3, -0.25) is 24.5 Å². The first-order valence-corrected chi connectivity index (χ1v) is 9.11. The number of nitrogens with one attached hydrogen (secondary N) is 2. The van der Waals surface area contributed by atoms with Crippen molar-refractivity contribution < 1.29 is 24.0 Å². The van der Waals surface area contributed by atoms with E-state index in [1.165, 1.54) is 31.2 Å². The van der Waals surface area contributed by atoms with Crippen LogP contribution < -0.4 is 10.6 Å². The van der Waals surface area contributed by atoms with Gasteiger partial charge in [-0.25, -0.2) is 0 Å². The number of benzene rings is 2. The molecule has 2 amide bonds. The molecule has 0 atom stereocenters. The molecular formula is C21H21N3O6. The number of nitro benzene ring substituents is 1. The first-order chi connectivity index (χ1) is 14.4. The largest absolute Gasteiger partial charge is 0.466 e. The summed E-state index contributed by atoms with van der Waals surface area (Å²) in [7, 11) is 0. The summed E-state index contributed by atoms with van der Waals surface area (Å²) >= 11 is 0. The maximum atomic E-state index is 12.6. The van der Waals surface area contributed by atoms with Gasteiger partial charge in [0, 0.05) is 31.2 Å². The van der Waals surface area contributed by atoms with Gasteiger partial charge in [-0.15, -0.1) is 0 Å². The summed E-state index contributed by atoms with van der Waals surface area (Å²) in [6.07, 6.45) is 1.75. The number of non-ortho nitro benzene ring substituents is 1. The van der Waals surface area contributed by atoms with Gasteiger partial charge in [0.15, 0.2) is 0 Å². The standard InChI is InChI=1S/C21H21N3O6/c1-15(25)30-12-6-11-22-21(27)19(23-20(26)17-8-3-2-4-9-17)14-16-7-5-10-18(13-16)24(28)29/h2-5,7-10,13-14H,6,11-12H2,1H3,(H,22,27)(H,23,26)/b19-14+. The molecule has 156 valence electrons. The minimum absolute atomic E-state index is 0.0724. The van der Waals surface area contributed by atoms with Gasteiger partial charge >= 0.3 is 5.97 Å². The molecule has 0 aliphatic heterocycles. The molecule has 0 spiro atoms. The Bertz CT molecular complexity index is 956. The summed E-state index contributed by atoms with van der Waals surface area (Å²) in [4.78, 5) is 46.3. The predicted molar refractivity (Wildman–Crippen MR) is 109 cm³/mol. The molecule has 0 radical (unpaired) electrons. The third kappa shape index (κ3) is 7.19. The molecule has 0 heterocycles. The number of nitrogens with zero attached hydrogens (tertiary/aromatic N) is 1. The van der Waals surface area contributed by atoms with E-state index in [9.17, 15) is 24.5 Å². The Morgan fingerprint density at radius 3 is 2.50 bits per heavy atom. The molecular weight excluding hydrogens is 390 g/mol. The highest BCUT2D eigenvalue weighted by Crippen LogP contribution is 2.15. The van der Waals surface area contributed by atoms with Gasteiger partial charge in [0.1, 0.15) is 5.70 Å². The van der Waals surface area contributed by atoms with Crippen LogP contribution in [0.25, 0.3) is 6.08 Å². The summed E-state index contributed by atoms with van der Waals surface area (Å²) < 4.78 is 4.80. The second kappa shape index (κ2) is 11.1. The minimum atomic E-state index is -0.575. The summed E-state index contributed by atoms with van der Waals surface area (Å²) in [5.41, 5.74) is 0.517. The van der Waals surface area contributed by atoms with Gasteiger partial charge in [-0.2, -0.15) is 0 Å². The van der Waals surface area contributed by atoms with E-state index in [2.05, 4.69) is 10.6 Å². The molecule has 9 nitrogen and oxygen atoms in total. The predicted octanol–water partition coefficient (Wildman–Crippen LogP) is 2.44. The SMILES string of the molecule is CC(=O)OCCCNC(=O)/C(=C\c1cccc([N+](=O)[O-])c1)NC(=O)c1ccccc1. The van der Waals surface area contributed by atoms with Crippen molar-refractivity contribution in [2.24, 2.45) is 0 Å². The van der Waals surface area contributed by atoms with Crippen LogP contribution in [0.4, 0.5) is 5.69 Å². The Morgan fingerprint density at radius 1 is 1.10 bits per heavy atom. The lowest BCUT2D eigenvalue weighted by Crippen LogP contribution is -2.35. The maximum Gasteiger partial charge on any atom is 0.302 e. The first kappa shape index (κ1) is 22.3. The molecule has 0 fully saturated rings. The Kier molecular flexibility index (Phi) is 8.25. The van der Waals surface area contributed by atoms with Crippen LogP contribution in [0.3, 0.4) is 0 Å². The molecule has 2 aromatic carbocycles. The Hall–Kier alpha value is -4.01. The number of rotatable bonds is 9. The van der Waals surface area contributed by atoms with Crippen LogP contribution in [-0.2, 0) is 14.3 Å². The van der Waals surface area contributed by atoms with E-state index in [0.717, 1.165) is 0 Å². The van der Waals surface area contributed by atoms with Gasteiger partial charge in [0.2, 0.25) is 0 Å². The van der Waals surface area contributed by atoms with Gasteiger partial charge in [-0.05, 0) is 30.2 Å². The molecule has 2 rings (SSSR count). The molecule has 2 aromatic rings. The lowest BCUT2D eigenvalue weighted by atomic mass is 10.1. The number of amides is 2. The number of hydrogen-bond acceptors (Lipinski definition) is 6. The van der Waals surface area contributed by atoms with E-state index in [1.54, 1.807) is 36.4 Å². The van der Waals surface area contributed by atoms with Crippen molar-refractivity contribution in [3.8, 4) is 0 Å². The van der Waals surface area contributed by atoms with E-state index < -0.39 is 22.7 Å². The van der Waals surface area contributed by atoms with Crippen molar-refractivity contribution in [1.82, 2.24) is 10.6 Å². The third-order valence-electron chi connectivity index (χ3n) is 3.83. The molecule has 0 aliphatic rings. The number of carbonyl (C=O) groups is 3.